The molecule has 0 atom stereocenters. The third-order valence-corrected chi connectivity index (χ3v) is 3.19. The average molecular weight is 372 g/mol. The van der Waals surface area contributed by atoms with Crippen molar-refractivity contribution in [3.8, 4) is 11.5 Å². The fraction of sp³-hybridized carbons (Fsp3) is 0.250. The second-order valence-corrected chi connectivity index (χ2v) is 5.35. The van der Waals surface area contributed by atoms with Gasteiger partial charge in [-0.3, -0.25) is 9.59 Å². The minimum Gasteiger partial charge on any atom is -0.463 e. The van der Waals surface area contributed by atoms with Crippen LogP contribution in [0.4, 0.5) is 0 Å². The van der Waals surface area contributed by atoms with Gasteiger partial charge in [-0.05, 0) is 24.3 Å². The van der Waals surface area contributed by atoms with Gasteiger partial charge in [0.05, 0.1) is 19.4 Å². The summed E-state index contributed by atoms with van der Waals surface area (Å²) >= 11 is 0. The largest absolute Gasteiger partial charge is 0.463 e. The van der Waals surface area contributed by atoms with Gasteiger partial charge in [-0.1, -0.05) is 36.4 Å². The van der Waals surface area contributed by atoms with Crippen molar-refractivity contribution >= 4 is 17.9 Å². The summed E-state index contributed by atoms with van der Waals surface area (Å²) in [6.45, 7) is -0.231. The quantitative estimate of drug-likeness (QED) is 0.360. The Morgan fingerprint density at radius 2 is 1.15 bits per heavy atom. The van der Waals surface area contributed by atoms with E-state index < -0.39 is 17.9 Å². The molecule has 0 spiro atoms. The fourth-order valence-electron chi connectivity index (χ4n) is 1.97. The highest BCUT2D eigenvalue weighted by molar-refractivity contribution is 5.79. The molecule has 2 aromatic rings. The smallest absolute Gasteiger partial charge is 0.337 e. The SMILES string of the molecule is O=C(CCC(=O)Oc1ccccc1)OCCOCC(=O)Oc1ccccc1. The van der Waals surface area contributed by atoms with E-state index in [1.807, 2.05) is 6.07 Å². The zero-order valence-electron chi connectivity index (χ0n) is 14.7. The maximum Gasteiger partial charge on any atom is 0.337 e. The molecule has 0 saturated carbocycles. The van der Waals surface area contributed by atoms with E-state index in [1.165, 1.54) is 0 Å². The van der Waals surface area contributed by atoms with Crippen LogP contribution in [0.15, 0.2) is 60.7 Å². The van der Waals surface area contributed by atoms with Crippen LogP contribution in [-0.2, 0) is 23.9 Å². The highest BCUT2D eigenvalue weighted by Gasteiger charge is 2.10. The predicted octanol–water partition coefficient (Wildman–Crippen LogP) is 2.54. The van der Waals surface area contributed by atoms with Crippen molar-refractivity contribution in [2.75, 3.05) is 19.8 Å². The van der Waals surface area contributed by atoms with Crippen LogP contribution in [0, 0.1) is 0 Å². The molecule has 0 heterocycles. The summed E-state index contributed by atoms with van der Waals surface area (Å²) in [5, 5.41) is 0. The number of carbonyl (C=O) groups is 3. The standard InChI is InChI=1S/C20H20O7/c21-18(11-12-19(22)26-16-7-3-1-4-8-16)25-14-13-24-15-20(23)27-17-9-5-2-6-10-17/h1-10H,11-15H2. The lowest BCUT2D eigenvalue weighted by Gasteiger charge is -2.07. The molecule has 0 aromatic heterocycles. The van der Waals surface area contributed by atoms with Crippen molar-refractivity contribution < 1.29 is 33.3 Å². The Labute approximate surface area is 156 Å². The molecule has 142 valence electrons. The molecule has 2 rings (SSSR count). The van der Waals surface area contributed by atoms with E-state index in [-0.39, 0.29) is 32.7 Å². The van der Waals surface area contributed by atoms with Crippen molar-refractivity contribution in [1.29, 1.82) is 0 Å². The molecule has 0 N–H and O–H groups in total. The molecule has 27 heavy (non-hydrogen) atoms. The van der Waals surface area contributed by atoms with E-state index in [0.717, 1.165) is 0 Å². The van der Waals surface area contributed by atoms with Crippen LogP contribution in [0.3, 0.4) is 0 Å². The molecule has 7 heteroatoms. The molecule has 2 aromatic carbocycles. The average Bonchev–Trinajstić information content (AvgIpc) is 2.67. The first-order valence-corrected chi connectivity index (χ1v) is 8.38. The maximum absolute atomic E-state index is 11.6. The van der Waals surface area contributed by atoms with Gasteiger partial charge in [0.1, 0.15) is 24.7 Å². The molecular formula is C20H20O7. The number of carbonyl (C=O) groups excluding carboxylic acids is 3. The lowest BCUT2D eigenvalue weighted by Crippen LogP contribution is -2.19. The van der Waals surface area contributed by atoms with Gasteiger partial charge in [0.15, 0.2) is 0 Å². The molecule has 0 aliphatic rings. The number of para-hydroxylation sites is 2. The van der Waals surface area contributed by atoms with E-state index in [4.69, 9.17) is 18.9 Å². The summed E-state index contributed by atoms with van der Waals surface area (Å²) in [5.41, 5.74) is 0. The molecule has 7 nitrogen and oxygen atoms in total. The Hall–Kier alpha value is -3.19. The molecule has 0 aliphatic heterocycles. The summed E-state index contributed by atoms with van der Waals surface area (Å²) < 4.78 is 20.1. The van der Waals surface area contributed by atoms with Crippen molar-refractivity contribution in [3.05, 3.63) is 60.7 Å². The normalized spacial score (nSPS) is 10.1. The Morgan fingerprint density at radius 3 is 1.74 bits per heavy atom. The maximum atomic E-state index is 11.6. The van der Waals surface area contributed by atoms with Gasteiger partial charge < -0.3 is 18.9 Å². The molecular weight excluding hydrogens is 352 g/mol. The Morgan fingerprint density at radius 1 is 0.630 bits per heavy atom. The second kappa shape index (κ2) is 11.4. The van der Waals surface area contributed by atoms with Crippen LogP contribution in [0.2, 0.25) is 0 Å². The number of hydrogen-bond donors (Lipinski definition) is 0. The van der Waals surface area contributed by atoms with E-state index >= 15 is 0 Å². The van der Waals surface area contributed by atoms with Gasteiger partial charge >= 0.3 is 17.9 Å². The van der Waals surface area contributed by atoms with Gasteiger partial charge in [0.25, 0.3) is 0 Å². The zero-order chi connectivity index (χ0) is 19.3. The number of ether oxygens (including phenoxy) is 4. The van der Waals surface area contributed by atoms with Crippen molar-refractivity contribution in [2.45, 2.75) is 12.8 Å². The second-order valence-electron chi connectivity index (χ2n) is 5.35. The topological polar surface area (TPSA) is 88.1 Å². The zero-order valence-corrected chi connectivity index (χ0v) is 14.7. The van der Waals surface area contributed by atoms with Crippen LogP contribution >= 0.6 is 0 Å². The van der Waals surface area contributed by atoms with E-state index in [2.05, 4.69) is 0 Å². The number of esters is 3. The Kier molecular flexibility index (Phi) is 8.52. The lowest BCUT2D eigenvalue weighted by atomic mass is 10.3. The summed E-state index contributed by atoms with van der Waals surface area (Å²) in [7, 11) is 0. The molecule has 0 radical (unpaired) electrons. The summed E-state index contributed by atoms with van der Waals surface area (Å²) in [4.78, 5) is 34.7. The number of benzene rings is 2. The van der Waals surface area contributed by atoms with E-state index in [0.29, 0.717) is 11.5 Å². The summed E-state index contributed by atoms with van der Waals surface area (Å²) in [6, 6.07) is 17.2. The Balaban J connectivity index is 1.50. The van der Waals surface area contributed by atoms with Crippen LogP contribution in [0.1, 0.15) is 12.8 Å². The van der Waals surface area contributed by atoms with Crippen LogP contribution in [-0.4, -0.2) is 37.7 Å². The highest BCUT2D eigenvalue weighted by Crippen LogP contribution is 2.10. The first kappa shape index (κ1) is 20.1. The molecule has 0 unspecified atom stereocenters. The third kappa shape index (κ3) is 8.64. The monoisotopic (exact) mass is 372 g/mol. The highest BCUT2D eigenvalue weighted by atomic mass is 16.6. The minimum absolute atomic E-state index is 0.0226. The lowest BCUT2D eigenvalue weighted by molar-refractivity contribution is -0.149. The van der Waals surface area contributed by atoms with Gasteiger partial charge in [-0.2, -0.15) is 0 Å². The van der Waals surface area contributed by atoms with Crippen LogP contribution in [0.25, 0.3) is 0 Å². The third-order valence-electron chi connectivity index (χ3n) is 3.19. The van der Waals surface area contributed by atoms with Gasteiger partial charge in [-0.15, -0.1) is 0 Å². The fourth-order valence-corrected chi connectivity index (χ4v) is 1.97. The molecule has 0 aliphatic carbocycles. The van der Waals surface area contributed by atoms with Gasteiger partial charge in [0.2, 0.25) is 0 Å². The Bertz CT molecular complexity index is 729. The van der Waals surface area contributed by atoms with E-state index in [9.17, 15) is 14.4 Å². The van der Waals surface area contributed by atoms with Crippen molar-refractivity contribution in [1.82, 2.24) is 0 Å². The number of hydrogen-bond acceptors (Lipinski definition) is 7. The molecule has 0 saturated heterocycles. The van der Waals surface area contributed by atoms with Gasteiger partial charge in [-0.25, -0.2) is 4.79 Å². The summed E-state index contributed by atoms with van der Waals surface area (Å²) in [6.07, 6.45) is -0.181. The molecule has 0 bridgehead atoms. The van der Waals surface area contributed by atoms with E-state index in [1.54, 1.807) is 54.6 Å². The minimum atomic E-state index is -0.546. The van der Waals surface area contributed by atoms with Gasteiger partial charge in [0, 0.05) is 0 Å². The molecule has 0 amide bonds. The first-order valence-electron chi connectivity index (χ1n) is 8.38. The predicted molar refractivity (Wildman–Crippen MR) is 95.2 cm³/mol. The van der Waals surface area contributed by atoms with Crippen molar-refractivity contribution in [3.63, 3.8) is 0 Å². The van der Waals surface area contributed by atoms with Crippen LogP contribution < -0.4 is 9.47 Å². The summed E-state index contributed by atoms with van der Waals surface area (Å²) in [5.74, 6) is -0.753. The van der Waals surface area contributed by atoms with Crippen molar-refractivity contribution in [2.24, 2.45) is 0 Å². The number of rotatable bonds is 10. The molecule has 0 fully saturated rings. The first-order chi connectivity index (χ1) is 13.1. The van der Waals surface area contributed by atoms with Crippen LogP contribution in [0.5, 0.6) is 11.5 Å².